The number of hydrogen-bond donors (Lipinski definition) is 1. The summed E-state index contributed by atoms with van der Waals surface area (Å²) >= 11 is 3.55. The summed E-state index contributed by atoms with van der Waals surface area (Å²) in [4.78, 5) is 0. The predicted octanol–water partition coefficient (Wildman–Crippen LogP) is 4.47. The molecule has 0 aliphatic heterocycles. The van der Waals surface area contributed by atoms with E-state index in [0.717, 1.165) is 6.42 Å². The Morgan fingerprint density at radius 3 is 2.94 bits per heavy atom. The highest BCUT2D eigenvalue weighted by molar-refractivity contribution is 9.10. The topological polar surface area (TPSA) is 12.0 Å². The van der Waals surface area contributed by atoms with E-state index in [1.54, 1.807) is 5.57 Å². The van der Waals surface area contributed by atoms with Crippen molar-refractivity contribution in [1.29, 1.82) is 0 Å². The number of hydrogen-bond acceptors (Lipinski definition) is 1. The summed E-state index contributed by atoms with van der Waals surface area (Å²) in [5.41, 5.74) is 3.00. The van der Waals surface area contributed by atoms with Gasteiger partial charge in [0.25, 0.3) is 0 Å². The molecule has 0 bridgehead atoms. The minimum absolute atomic E-state index is 0.498. The van der Waals surface area contributed by atoms with Gasteiger partial charge < -0.3 is 5.32 Å². The smallest absolute Gasteiger partial charge is 0.0317 e. The van der Waals surface area contributed by atoms with Crippen molar-refractivity contribution < 1.29 is 0 Å². The van der Waals surface area contributed by atoms with Gasteiger partial charge in [-0.15, -0.1) is 0 Å². The van der Waals surface area contributed by atoms with Crippen molar-refractivity contribution in [3.8, 4) is 0 Å². The number of rotatable bonds is 4. The largest absolute Gasteiger partial charge is 0.313 e. The Labute approximate surface area is 119 Å². The molecule has 0 aromatic heterocycles. The lowest BCUT2D eigenvalue weighted by atomic mass is 9.96. The molecule has 98 valence electrons. The van der Waals surface area contributed by atoms with Crippen LogP contribution in [0.25, 0.3) is 0 Å². The highest BCUT2D eigenvalue weighted by Crippen LogP contribution is 2.22. The second kappa shape index (κ2) is 7.10. The van der Waals surface area contributed by atoms with Crippen LogP contribution in [0.5, 0.6) is 0 Å². The van der Waals surface area contributed by atoms with Gasteiger partial charge in [-0.25, -0.2) is 0 Å². The fourth-order valence-electron chi connectivity index (χ4n) is 2.67. The highest BCUT2D eigenvalue weighted by atomic mass is 79.9. The van der Waals surface area contributed by atoms with E-state index in [1.165, 1.54) is 42.1 Å². The zero-order valence-corrected chi connectivity index (χ0v) is 12.7. The molecule has 1 nitrogen and oxygen atoms in total. The third-order valence-corrected chi connectivity index (χ3v) is 4.19. The minimum Gasteiger partial charge on any atom is -0.313 e. The van der Waals surface area contributed by atoms with Gasteiger partial charge in [-0.05, 0) is 56.8 Å². The van der Waals surface area contributed by atoms with E-state index in [2.05, 4.69) is 58.6 Å². The Kier molecular flexibility index (Phi) is 5.45. The second-order valence-corrected chi connectivity index (χ2v) is 5.97. The van der Waals surface area contributed by atoms with Crippen LogP contribution in [0.3, 0.4) is 0 Å². The molecule has 0 saturated carbocycles. The van der Waals surface area contributed by atoms with Gasteiger partial charge in [0, 0.05) is 10.5 Å². The number of halogens is 1. The van der Waals surface area contributed by atoms with Crippen molar-refractivity contribution >= 4 is 15.9 Å². The van der Waals surface area contributed by atoms with Gasteiger partial charge in [0.2, 0.25) is 0 Å². The molecule has 0 fully saturated rings. The third kappa shape index (κ3) is 3.96. The summed E-state index contributed by atoms with van der Waals surface area (Å²) < 4.78 is 1.17. The van der Waals surface area contributed by atoms with E-state index in [0.29, 0.717) is 6.04 Å². The Hall–Kier alpha value is -0.600. The molecule has 2 rings (SSSR count). The summed E-state index contributed by atoms with van der Waals surface area (Å²) in [6.07, 6.45) is 10.2. The predicted molar refractivity (Wildman–Crippen MR) is 81.9 cm³/mol. The van der Waals surface area contributed by atoms with Crippen LogP contribution in [0, 0.1) is 0 Å². The molecular formula is C16H22BrN. The lowest BCUT2D eigenvalue weighted by Crippen LogP contribution is -2.29. The molecule has 1 unspecified atom stereocenters. The number of likely N-dealkylation sites (N-methyl/N-ethyl adjacent to an activating group) is 1. The molecule has 18 heavy (non-hydrogen) atoms. The van der Waals surface area contributed by atoms with Crippen molar-refractivity contribution in [2.75, 3.05) is 7.05 Å². The molecule has 1 aromatic carbocycles. The van der Waals surface area contributed by atoms with Crippen LogP contribution in [0.15, 0.2) is 40.4 Å². The fraction of sp³-hybridized carbons (Fsp3) is 0.500. The van der Waals surface area contributed by atoms with E-state index < -0.39 is 0 Å². The highest BCUT2D eigenvalue weighted by Gasteiger charge is 2.14. The molecule has 0 radical (unpaired) electrons. The summed E-state index contributed by atoms with van der Waals surface area (Å²) in [6.45, 7) is 0. The van der Waals surface area contributed by atoms with E-state index in [4.69, 9.17) is 0 Å². The van der Waals surface area contributed by atoms with Crippen molar-refractivity contribution in [3.63, 3.8) is 0 Å². The minimum atomic E-state index is 0.498. The third-order valence-electron chi connectivity index (χ3n) is 3.70. The first-order valence-electron chi connectivity index (χ1n) is 6.90. The molecule has 0 heterocycles. The normalized spacial score (nSPS) is 18.0. The van der Waals surface area contributed by atoms with Gasteiger partial charge in [0.1, 0.15) is 0 Å². The summed E-state index contributed by atoms with van der Waals surface area (Å²) in [5.74, 6) is 0. The molecule has 0 spiro atoms. The quantitative estimate of drug-likeness (QED) is 0.809. The van der Waals surface area contributed by atoms with Crippen molar-refractivity contribution in [3.05, 3.63) is 46.0 Å². The van der Waals surface area contributed by atoms with Gasteiger partial charge >= 0.3 is 0 Å². The van der Waals surface area contributed by atoms with Crippen LogP contribution in [0.4, 0.5) is 0 Å². The van der Waals surface area contributed by atoms with E-state index >= 15 is 0 Å². The average molecular weight is 308 g/mol. The molecule has 0 amide bonds. The van der Waals surface area contributed by atoms with Crippen LogP contribution >= 0.6 is 15.9 Å². The van der Waals surface area contributed by atoms with E-state index in [9.17, 15) is 0 Å². The van der Waals surface area contributed by atoms with Crippen LogP contribution in [0.2, 0.25) is 0 Å². The van der Waals surface area contributed by atoms with Gasteiger partial charge in [-0.2, -0.15) is 0 Å². The Morgan fingerprint density at radius 2 is 2.17 bits per heavy atom. The molecule has 0 saturated heterocycles. The molecule has 1 aromatic rings. The van der Waals surface area contributed by atoms with Crippen molar-refractivity contribution in [2.24, 2.45) is 0 Å². The standard InChI is InChI=1S/C16H22BrN/c1-18-16(14-8-4-2-3-5-9-14)12-13-7-6-10-15(17)11-13/h6-8,10-11,16,18H,2-5,9,12H2,1H3. The lowest BCUT2D eigenvalue weighted by Gasteiger charge is -2.20. The monoisotopic (exact) mass is 307 g/mol. The average Bonchev–Trinajstić information content (AvgIpc) is 2.65. The van der Waals surface area contributed by atoms with Crippen molar-refractivity contribution in [1.82, 2.24) is 5.32 Å². The van der Waals surface area contributed by atoms with E-state index in [1.807, 2.05) is 0 Å². The molecule has 1 N–H and O–H groups in total. The number of benzene rings is 1. The first kappa shape index (κ1) is 13.8. The van der Waals surface area contributed by atoms with Crippen molar-refractivity contribution in [2.45, 2.75) is 44.6 Å². The van der Waals surface area contributed by atoms with Gasteiger partial charge in [-0.3, -0.25) is 0 Å². The Morgan fingerprint density at radius 1 is 1.28 bits per heavy atom. The molecule has 1 atom stereocenters. The van der Waals surface area contributed by atoms with Gasteiger partial charge in [-0.1, -0.05) is 46.1 Å². The molecular weight excluding hydrogens is 286 g/mol. The maximum absolute atomic E-state index is 3.55. The number of allylic oxidation sites excluding steroid dienone is 1. The van der Waals surface area contributed by atoms with E-state index in [-0.39, 0.29) is 0 Å². The number of nitrogens with one attached hydrogen (secondary N) is 1. The second-order valence-electron chi connectivity index (χ2n) is 5.05. The fourth-order valence-corrected chi connectivity index (χ4v) is 3.12. The summed E-state index contributed by atoms with van der Waals surface area (Å²) in [6, 6.07) is 9.14. The van der Waals surface area contributed by atoms with Crippen LogP contribution < -0.4 is 5.32 Å². The first-order valence-corrected chi connectivity index (χ1v) is 7.69. The van der Waals surface area contributed by atoms with Gasteiger partial charge in [0.15, 0.2) is 0 Å². The summed E-state index contributed by atoms with van der Waals surface area (Å²) in [7, 11) is 2.08. The zero-order chi connectivity index (χ0) is 12.8. The van der Waals surface area contributed by atoms with Crippen LogP contribution in [-0.4, -0.2) is 13.1 Å². The Balaban J connectivity index is 2.06. The van der Waals surface area contributed by atoms with Crippen LogP contribution in [0.1, 0.15) is 37.7 Å². The maximum atomic E-state index is 3.55. The SMILES string of the molecule is CNC(Cc1cccc(Br)c1)C1=CCCCCC1. The maximum Gasteiger partial charge on any atom is 0.0317 e. The molecule has 1 aliphatic rings. The van der Waals surface area contributed by atoms with Gasteiger partial charge in [0.05, 0.1) is 0 Å². The molecule has 2 heteroatoms. The first-order chi connectivity index (χ1) is 8.79. The zero-order valence-electron chi connectivity index (χ0n) is 11.1. The Bertz CT molecular complexity index is 411. The lowest BCUT2D eigenvalue weighted by molar-refractivity contribution is 0.597. The molecule has 1 aliphatic carbocycles. The summed E-state index contributed by atoms with van der Waals surface area (Å²) in [5, 5.41) is 3.48. The van der Waals surface area contributed by atoms with Crippen LogP contribution in [-0.2, 0) is 6.42 Å².